The average Bonchev–Trinajstić information content (AvgIpc) is 3.55. The SMILES string of the molecule is C=C/C=C\C=C/C.CCCCn1c(-c2ccccc2)nc(C)c1CN(Cc1ccccc1)Cc1ccc2c(ccn2C)c1. The Balaban J connectivity index is 0.000000541. The van der Waals surface area contributed by atoms with E-state index in [4.69, 9.17) is 4.98 Å². The molecule has 0 aliphatic heterocycles. The van der Waals surface area contributed by atoms with Crippen LogP contribution in [0.15, 0.2) is 128 Å². The van der Waals surface area contributed by atoms with E-state index < -0.39 is 0 Å². The molecule has 0 spiro atoms. The minimum Gasteiger partial charge on any atom is -0.351 e. The van der Waals surface area contributed by atoms with E-state index in [1.165, 1.54) is 33.3 Å². The maximum absolute atomic E-state index is 5.08. The van der Waals surface area contributed by atoms with Crippen molar-refractivity contribution < 1.29 is 0 Å². The third-order valence-corrected chi connectivity index (χ3v) is 7.57. The van der Waals surface area contributed by atoms with E-state index in [1.54, 1.807) is 6.08 Å². The van der Waals surface area contributed by atoms with Crippen LogP contribution in [-0.4, -0.2) is 19.0 Å². The van der Waals surface area contributed by atoms with Crippen LogP contribution in [0.2, 0.25) is 0 Å². The maximum Gasteiger partial charge on any atom is 0.140 e. The van der Waals surface area contributed by atoms with E-state index in [0.717, 1.165) is 50.5 Å². The molecule has 0 aliphatic carbocycles. The molecule has 4 heteroatoms. The maximum atomic E-state index is 5.08. The van der Waals surface area contributed by atoms with Crippen molar-refractivity contribution in [3.63, 3.8) is 0 Å². The van der Waals surface area contributed by atoms with Crippen LogP contribution in [0.4, 0.5) is 0 Å². The minimum absolute atomic E-state index is 0.858. The molecule has 0 amide bonds. The van der Waals surface area contributed by atoms with Gasteiger partial charge in [-0.25, -0.2) is 4.98 Å². The van der Waals surface area contributed by atoms with Crippen molar-refractivity contribution in [1.82, 2.24) is 19.0 Å². The first-order chi connectivity index (χ1) is 21.0. The molecule has 222 valence electrons. The molecule has 2 heterocycles. The summed E-state index contributed by atoms with van der Waals surface area (Å²) >= 11 is 0. The zero-order valence-electron chi connectivity index (χ0n) is 26.3. The summed E-state index contributed by atoms with van der Waals surface area (Å²) in [7, 11) is 2.11. The van der Waals surface area contributed by atoms with Crippen molar-refractivity contribution in [2.75, 3.05) is 0 Å². The Morgan fingerprint density at radius 1 is 0.837 bits per heavy atom. The van der Waals surface area contributed by atoms with Gasteiger partial charge in [-0.15, -0.1) is 0 Å². The van der Waals surface area contributed by atoms with Crippen LogP contribution >= 0.6 is 0 Å². The van der Waals surface area contributed by atoms with Gasteiger partial charge in [0.2, 0.25) is 0 Å². The van der Waals surface area contributed by atoms with Gasteiger partial charge in [-0.05, 0) is 55.0 Å². The quantitative estimate of drug-likeness (QED) is 0.140. The zero-order chi connectivity index (χ0) is 30.4. The summed E-state index contributed by atoms with van der Waals surface area (Å²) in [5, 5.41) is 1.30. The molecular formula is C39H46N4. The Labute approximate surface area is 258 Å². The van der Waals surface area contributed by atoms with Crippen molar-refractivity contribution in [1.29, 1.82) is 0 Å². The number of hydrogen-bond acceptors (Lipinski definition) is 2. The number of unbranched alkanes of at least 4 members (excludes halogenated alkanes) is 1. The first-order valence-electron chi connectivity index (χ1n) is 15.4. The lowest BCUT2D eigenvalue weighted by atomic mass is 10.1. The smallest absolute Gasteiger partial charge is 0.140 e. The molecule has 0 N–H and O–H groups in total. The lowest BCUT2D eigenvalue weighted by Crippen LogP contribution is -2.24. The number of aryl methyl sites for hydroxylation is 2. The molecule has 3 aromatic carbocycles. The molecule has 0 saturated heterocycles. The lowest BCUT2D eigenvalue weighted by molar-refractivity contribution is 0.240. The third kappa shape index (κ3) is 8.79. The molecule has 0 radical (unpaired) electrons. The number of nitrogens with zero attached hydrogens (tertiary/aromatic N) is 4. The standard InChI is InChI=1S/C32H36N4.C7H10/c1-4-5-19-36-31(25(2)33-32(36)28-14-10-7-11-15-28)24-35(22-26-12-8-6-9-13-26)23-27-16-17-30-29(21-27)18-20-34(30)3;1-3-5-7-6-4-2/h6-18,20-21H,4-5,19,22-24H2,1-3H3;3-7H,1H2,2H3/b;6-4-,7-5-. The Kier molecular flexibility index (Phi) is 11.9. The molecule has 0 aliphatic rings. The fourth-order valence-corrected chi connectivity index (χ4v) is 5.33. The van der Waals surface area contributed by atoms with Crippen molar-refractivity contribution in [3.05, 3.63) is 151 Å². The van der Waals surface area contributed by atoms with Crippen molar-refractivity contribution >= 4 is 10.9 Å². The van der Waals surface area contributed by atoms with Gasteiger partial charge >= 0.3 is 0 Å². The summed E-state index contributed by atoms with van der Waals surface area (Å²) in [5.41, 5.74) is 7.58. The van der Waals surface area contributed by atoms with Crippen molar-refractivity contribution in [3.8, 4) is 11.4 Å². The number of fused-ring (bicyclic) bond motifs is 1. The van der Waals surface area contributed by atoms with Crippen LogP contribution in [-0.2, 0) is 33.2 Å². The summed E-state index contributed by atoms with van der Waals surface area (Å²) in [6.07, 6.45) is 14.0. The second-order valence-corrected chi connectivity index (χ2v) is 10.9. The number of aromatic nitrogens is 3. The molecule has 5 rings (SSSR count). The summed E-state index contributed by atoms with van der Waals surface area (Å²) in [4.78, 5) is 7.63. The molecule has 5 aromatic rings. The highest BCUT2D eigenvalue weighted by atomic mass is 15.2. The first kappa shape index (κ1) is 31.5. The summed E-state index contributed by atoms with van der Waals surface area (Å²) < 4.78 is 4.65. The number of allylic oxidation sites excluding steroid dienone is 5. The Hall–Kier alpha value is -4.41. The van der Waals surface area contributed by atoms with Crippen LogP contribution < -0.4 is 0 Å². The van der Waals surface area contributed by atoms with Gasteiger partial charge in [-0.1, -0.05) is 117 Å². The predicted octanol–water partition coefficient (Wildman–Crippen LogP) is 9.66. The highest BCUT2D eigenvalue weighted by Gasteiger charge is 2.19. The topological polar surface area (TPSA) is 26.0 Å². The van der Waals surface area contributed by atoms with Gasteiger partial charge in [-0.2, -0.15) is 0 Å². The van der Waals surface area contributed by atoms with Crippen LogP contribution in [0, 0.1) is 6.92 Å². The van der Waals surface area contributed by atoms with Gasteiger partial charge in [-0.3, -0.25) is 4.90 Å². The van der Waals surface area contributed by atoms with Gasteiger partial charge in [0.1, 0.15) is 5.82 Å². The van der Waals surface area contributed by atoms with Crippen molar-refractivity contribution in [2.45, 2.75) is 59.8 Å². The van der Waals surface area contributed by atoms with E-state index in [9.17, 15) is 0 Å². The van der Waals surface area contributed by atoms with Gasteiger partial charge in [0.25, 0.3) is 0 Å². The predicted molar refractivity (Wildman–Crippen MR) is 184 cm³/mol. The average molecular weight is 571 g/mol. The number of hydrogen-bond donors (Lipinski definition) is 0. The highest BCUT2D eigenvalue weighted by molar-refractivity contribution is 5.80. The van der Waals surface area contributed by atoms with Crippen LogP contribution in [0.3, 0.4) is 0 Å². The van der Waals surface area contributed by atoms with Crippen LogP contribution in [0.1, 0.15) is 49.2 Å². The molecule has 0 fully saturated rings. The number of benzene rings is 3. The lowest BCUT2D eigenvalue weighted by Gasteiger charge is -2.24. The van der Waals surface area contributed by atoms with Crippen LogP contribution in [0.25, 0.3) is 22.3 Å². The monoisotopic (exact) mass is 570 g/mol. The van der Waals surface area contributed by atoms with Crippen LogP contribution in [0.5, 0.6) is 0 Å². The molecule has 4 nitrogen and oxygen atoms in total. The van der Waals surface area contributed by atoms with E-state index in [0.29, 0.717) is 0 Å². The molecule has 0 unspecified atom stereocenters. The van der Waals surface area contributed by atoms with E-state index in [2.05, 4.69) is 133 Å². The molecule has 2 aromatic heterocycles. The molecular weight excluding hydrogens is 524 g/mol. The summed E-state index contributed by atoms with van der Waals surface area (Å²) in [6, 6.07) is 30.5. The third-order valence-electron chi connectivity index (χ3n) is 7.57. The first-order valence-corrected chi connectivity index (χ1v) is 15.4. The number of imidazole rings is 1. The van der Waals surface area contributed by atoms with E-state index in [1.807, 2.05) is 31.2 Å². The minimum atomic E-state index is 0.858. The fourth-order valence-electron chi connectivity index (χ4n) is 5.33. The normalized spacial score (nSPS) is 11.5. The summed E-state index contributed by atoms with van der Waals surface area (Å²) in [6.45, 7) is 13.5. The fraction of sp³-hybridized carbons (Fsp3) is 0.256. The van der Waals surface area contributed by atoms with Gasteiger partial charge in [0.15, 0.2) is 0 Å². The Bertz CT molecular complexity index is 1620. The second kappa shape index (κ2) is 16.3. The molecule has 0 bridgehead atoms. The molecule has 0 saturated carbocycles. The van der Waals surface area contributed by atoms with Gasteiger partial charge in [0.05, 0.1) is 11.4 Å². The second-order valence-electron chi connectivity index (χ2n) is 10.9. The number of rotatable bonds is 12. The molecule has 43 heavy (non-hydrogen) atoms. The summed E-state index contributed by atoms with van der Waals surface area (Å²) in [5.74, 6) is 1.09. The van der Waals surface area contributed by atoms with Gasteiger partial charge in [0, 0.05) is 50.5 Å². The molecule has 0 atom stereocenters. The highest BCUT2D eigenvalue weighted by Crippen LogP contribution is 2.26. The zero-order valence-corrected chi connectivity index (χ0v) is 26.3. The Morgan fingerprint density at radius 3 is 2.26 bits per heavy atom. The largest absolute Gasteiger partial charge is 0.351 e. The Morgan fingerprint density at radius 2 is 1.56 bits per heavy atom. The van der Waals surface area contributed by atoms with E-state index in [-0.39, 0.29) is 0 Å². The van der Waals surface area contributed by atoms with E-state index >= 15 is 0 Å². The van der Waals surface area contributed by atoms with Gasteiger partial charge < -0.3 is 9.13 Å². The van der Waals surface area contributed by atoms with Crippen molar-refractivity contribution in [2.24, 2.45) is 7.05 Å².